The van der Waals surface area contributed by atoms with Crippen molar-refractivity contribution in [2.24, 2.45) is 0 Å². The lowest BCUT2D eigenvalue weighted by Crippen LogP contribution is -2.49. The van der Waals surface area contributed by atoms with E-state index in [2.05, 4.69) is 5.32 Å². The normalized spacial score (nSPS) is 13.4. The highest BCUT2D eigenvalue weighted by molar-refractivity contribution is 6.01. The molecule has 3 aromatic carbocycles. The van der Waals surface area contributed by atoms with Crippen molar-refractivity contribution in [1.82, 2.24) is 4.90 Å². The lowest BCUT2D eigenvalue weighted by Gasteiger charge is -2.36. The molecule has 1 N–H and O–H groups in total. The molecule has 8 nitrogen and oxygen atoms in total. The highest BCUT2D eigenvalue weighted by Crippen LogP contribution is 2.33. The lowest BCUT2D eigenvalue weighted by atomic mass is 10.1. The first-order chi connectivity index (χ1) is 17.5. The van der Waals surface area contributed by atoms with Gasteiger partial charge in [0, 0.05) is 25.7 Å². The predicted octanol–water partition coefficient (Wildman–Crippen LogP) is 4.73. The molecule has 1 aliphatic heterocycles. The summed E-state index contributed by atoms with van der Waals surface area (Å²) in [4.78, 5) is 29.9. The molecule has 1 saturated heterocycles. The van der Waals surface area contributed by atoms with Gasteiger partial charge in [-0.3, -0.25) is 9.69 Å². The van der Waals surface area contributed by atoms with E-state index in [1.54, 1.807) is 38.4 Å². The Morgan fingerprint density at radius 3 is 2.25 bits per heavy atom. The molecule has 0 saturated carbocycles. The second-order valence-corrected chi connectivity index (χ2v) is 8.52. The Bertz CT molecular complexity index is 1210. The van der Waals surface area contributed by atoms with Crippen LogP contribution in [0, 0.1) is 0 Å². The molecule has 0 spiro atoms. The van der Waals surface area contributed by atoms with Gasteiger partial charge in [0.25, 0.3) is 0 Å². The highest BCUT2D eigenvalue weighted by Gasteiger charge is 2.29. The van der Waals surface area contributed by atoms with Crippen molar-refractivity contribution in [3.63, 3.8) is 0 Å². The molecule has 188 valence electrons. The zero-order chi connectivity index (χ0) is 25.5. The third kappa shape index (κ3) is 5.89. The monoisotopic (exact) mass is 489 g/mol. The zero-order valence-corrected chi connectivity index (χ0v) is 20.8. The summed E-state index contributed by atoms with van der Waals surface area (Å²) in [5.41, 5.74) is 3.02. The average molecular weight is 490 g/mol. The van der Waals surface area contributed by atoms with E-state index in [1.807, 2.05) is 59.5 Å². The van der Waals surface area contributed by atoms with Gasteiger partial charge >= 0.3 is 6.03 Å². The van der Waals surface area contributed by atoms with E-state index in [-0.39, 0.29) is 18.4 Å². The van der Waals surface area contributed by atoms with Gasteiger partial charge in [0.1, 0.15) is 17.2 Å². The first kappa shape index (κ1) is 24.9. The quantitative estimate of drug-likeness (QED) is 0.470. The van der Waals surface area contributed by atoms with Crippen molar-refractivity contribution < 1.29 is 23.8 Å². The van der Waals surface area contributed by atoms with Crippen molar-refractivity contribution in [2.75, 3.05) is 44.6 Å². The van der Waals surface area contributed by atoms with Crippen LogP contribution in [0.5, 0.6) is 17.2 Å². The summed E-state index contributed by atoms with van der Waals surface area (Å²) in [6.07, 6.45) is 0.983. The smallest absolute Gasteiger partial charge is 0.324 e. The van der Waals surface area contributed by atoms with E-state index in [0.29, 0.717) is 42.5 Å². The van der Waals surface area contributed by atoms with Gasteiger partial charge in [-0.15, -0.1) is 0 Å². The number of amides is 3. The molecule has 0 atom stereocenters. The van der Waals surface area contributed by atoms with Gasteiger partial charge in [-0.05, 0) is 53.9 Å². The number of carbonyl (C=O) groups is 2. The number of carbonyl (C=O) groups excluding carboxylic acids is 2. The summed E-state index contributed by atoms with van der Waals surface area (Å²) < 4.78 is 15.9. The van der Waals surface area contributed by atoms with Crippen molar-refractivity contribution >= 4 is 23.3 Å². The molecular weight excluding hydrogens is 458 g/mol. The summed E-state index contributed by atoms with van der Waals surface area (Å²) in [5.74, 6) is 1.86. The van der Waals surface area contributed by atoms with Crippen LogP contribution >= 0.6 is 0 Å². The number of nitrogens with zero attached hydrogens (tertiary/aromatic N) is 2. The van der Waals surface area contributed by atoms with Gasteiger partial charge in [-0.2, -0.15) is 0 Å². The van der Waals surface area contributed by atoms with Crippen LogP contribution in [0.4, 0.5) is 16.2 Å². The number of benzene rings is 3. The number of methoxy groups -OCH3 is 3. The van der Waals surface area contributed by atoms with Gasteiger partial charge < -0.3 is 24.4 Å². The minimum absolute atomic E-state index is 0.106. The molecule has 1 aliphatic rings. The van der Waals surface area contributed by atoms with E-state index >= 15 is 0 Å². The Labute approximate surface area is 211 Å². The first-order valence-corrected chi connectivity index (χ1v) is 11.8. The van der Waals surface area contributed by atoms with Crippen LogP contribution in [0.1, 0.15) is 17.5 Å². The fraction of sp³-hybridized carbons (Fsp3) is 0.286. The van der Waals surface area contributed by atoms with Gasteiger partial charge in [0.15, 0.2) is 0 Å². The lowest BCUT2D eigenvalue weighted by molar-refractivity contribution is -0.115. The standard InChI is InChI=1S/C28H31N3O5/c1-34-22-10-8-20(9-11-22)19-30-14-5-15-31(28(30)33)26-13-12-24(36-3)18-25(26)29-27(32)17-21-6-4-7-23(16-21)35-2/h4,6-13,16,18H,5,14-15,17,19H2,1-3H3,(H,29,32). The van der Waals surface area contributed by atoms with Gasteiger partial charge in [-0.25, -0.2) is 4.79 Å². The zero-order valence-electron chi connectivity index (χ0n) is 20.8. The Morgan fingerprint density at radius 1 is 0.833 bits per heavy atom. The van der Waals surface area contributed by atoms with Crippen LogP contribution < -0.4 is 24.4 Å². The fourth-order valence-electron chi connectivity index (χ4n) is 4.24. The van der Waals surface area contributed by atoms with Crippen molar-refractivity contribution in [1.29, 1.82) is 0 Å². The third-order valence-corrected chi connectivity index (χ3v) is 6.11. The molecule has 0 bridgehead atoms. The SMILES string of the molecule is COc1ccc(CN2CCCN(c3ccc(OC)cc3NC(=O)Cc3cccc(OC)c3)C2=O)cc1. The van der Waals surface area contributed by atoms with Crippen LogP contribution in [0.15, 0.2) is 66.7 Å². The van der Waals surface area contributed by atoms with E-state index < -0.39 is 0 Å². The third-order valence-electron chi connectivity index (χ3n) is 6.11. The van der Waals surface area contributed by atoms with E-state index in [0.717, 1.165) is 23.3 Å². The maximum absolute atomic E-state index is 13.5. The number of hydrogen-bond donors (Lipinski definition) is 1. The van der Waals surface area contributed by atoms with Crippen molar-refractivity contribution in [2.45, 2.75) is 19.4 Å². The van der Waals surface area contributed by atoms with Crippen LogP contribution in [0.2, 0.25) is 0 Å². The van der Waals surface area contributed by atoms with Gasteiger partial charge in [0.2, 0.25) is 5.91 Å². The van der Waals surface area contributed by atoms with Gasteiger partial charge in [0.05, 0.1) is 39.1 Å². The molecule has 3 aromatic rings. The average Bonchev–Trinajstić information content (AvgIpc) is 2.90. The Kier molecular flexibility index (Phi) is 7.95. The molecule has 1 heterocycles. The molecule has 0 aliphatic carbocycles. The number of nitrogens with one attached hydrogen (secondary N) is 1. The van der Waals surface area contributed by atoms with Crippen molar-refractivity contribution in [3.05, 3.63) is 77.9 Å². The highest BCUT2D eigenvalue weighted by atomic mass is 16.5. The van der Waals surface area contributed by atoms with E-state index in [9.17, 15) is 9.59 Å². The first-order valence-electron chi connectivity index (χ1n) is 11.8. The second-order valence-electron chi connectivity index (χ2n) is 8.52. The van der Waals surface area contributed by atoms with E-state index in [1.165, 1.54) is 0 Å². The van der Waals surface area contributed by atoms with Crippen LogP contribution in [-0.4, -0.2) is 51.3 Å². The molecule has 4 rings (SSSR count). The van der Waals surface area contributed by atoms with Crippen LogP contribution in [0.25, 0.3) is 0 Å². The molecule has 0 aromatic heterocycles. The maximum Gasteiger partial charge on any atom is 0.324 e. The topological polar surface area (TPSA) is 80.3 Å². The molecule has 3 amide bonds. The molecule has 0 radical (unpaired) electrons. The number of rotatable bonds is 9. The Morgan fingerprint density at radius 2 is 1.53 bits per heavy atom. The summed E-state index contributed by atoms with van der Waals surface area (Å²) in [6.45, 7) is 1.71. The van der Waals surface area contributed by atoms with Crippen LogP contribution in [0.3, 0.4) is 0 Å². The Balaban J connectivity index is 1.52. The fourth-order valence-corrected chi connectivity index (χ4v) is 4.24. The molecule has 36 heavy (non-hydrogen) atoms. The second kappa shape index (κ2) is 11.5. The van der Waals surface area contributed by atoms with Crippen molar-refractivity contribution in [3.8, 4) is 17.2 Å². The van der Waals surface area contributed by atoms with Gasteiger partial charge in [-0.1, -0.05) is 24.3 Å². The molecule has 1 fully saturated rings. The molecule has 8 heteroatoms. The minimum Gasteiger partial charge on any atom is -0.497 e. The summed E-state index contributed by atoms with van der Waals surface area (Å²) in [7, 11) is 4.79. The summed E-state index contributed by atoms with van der Waals surface area (Å²) >= 11 is 0. The predicted molar refractivity (Wildman–Crippen MR) is 139 cm³/mol. The maximum atomic E-state index is 13.5. The largest absolute Gasteiger partial charge is 0.497 e. The minimum atomic E-state index is -0.197. The molecular formula is C28H31N3O5. The number of hydrogen-bond acceptors (Lipinski definition) is 5. The number of anilines is 2. The van der Waals surface area contributed by atoms with Crippen LogP contribution in [-0.2, 0) is 17.8 Å². The molecule has 0 unspecified atom stereocenters. The summed E-state index contributed by atoms with van der Waals surface area (Å²) in [6, 6.07) is 20.3. The number of ether oxygens (including phenoxy) is 3. The Hall–Kier alpha value is -4.20. The number of urea groups is 1. The summed E-state index contributed by atoms with van der Waals surface area (Å²) in [5, 5.41) is 2.98. The van der Waals surface area contributed by atoms with E-state index in [4.69, 9.17) is 14.2 Å².